The van der Waals surface area contributed by atoms with Crippen molar-refractivity contribution < 1.29 is 13.2 Å². The van der Waals surface area contributed by atoms with Crippen molar-refractivity contribution in [3.63, 3.8) is 0 Å². The van der Waals surface area contributed by atoms with Crippen LogP contribution in [-0.4, -0.2) is 9.78 Å². The van der Waals surface area contributed by atoms with Gasteiger partial charge in [-0.15, -0.1) is 0 Å². The van der Waals surface area contributed by atoms with Gasteiger partial charge in [-0.25, -0.2) is 0 Å². The summed E-state index contributed by atoms with van der Waals surface area (Å²) in [5, 5.41) is 4.23. The Morgan fingerprint density at radius 2 is 1.60 bits per heavy atom. The number of hydrogen-bond acceptors (Lipinski definition) is 3. The zero-order valence-electron chi connectivity index (χ0n) is 13.2. The smallest absolute Gasteiger partial charge is 0.399 e. The Labute approximate surface area is 141 Å². The number of halogens is 3. The number of benzene rings is 2. The van der Waals surface area contributed by atoms with Crippen molar-refractivity contribution >= 4 is 5.69 Å². The third kappa shape index (κ3) is 3.40. The number of rotatable bonds is 2. The number of aryl methyl sites for hydroxylation is 1. The van der Waals surface area contributed by atoms with E-state index in [1.54, 1.807) is 31.2 Å². The first-order chi connectivity index (χ1) is 11.8. The van der Waals surface area contributed by atoms with E-state index >= 15 is 0 Å². The number of anilines is 1. The van der Waals surface area contributed by atoms with Gasteiger partial charge in [0.2, 0.25) is 0 Å². The summed E-state index contributed by atoms with van der Waals surface area (Å²) in [5.41, 5.74) is 7.32. The Hall–Kier alpha value is -3.09. The summed E-state index contributed by atoms with van der Waals surface area (Å²) < 4.78 is 39.0. The van der Waals surface area contributed by atoms with Crippen LogP contribution in [0.2, 0.25) is 0 Å². The molecule has 3 rings (SSSR count). The quantitative estimate of drug-likeness (QED) is 0.719. The van der Waals surface area contributed by atoms with Gasteiger partial charge in [-0.1, -0.05) is 12.1 Å². The van der Waals surface area contributed by atoms with Crippen LogP contribution in [0.3, 0.4) is 0 Å². The molecule has 0 radical (unpaired) electrons. The fraction of sp³-hybridized carbons (Fsp3) is 0.111. The Kier molecular flexibility index (Phi) is 4.08. The molecule has 0 aliphatic heterocycles. The van der Waals surface area contributed by atoms with Crippen molar-refractivity contribution in [1.29, 1.82) is 0 Å². The Morgan fingerprint density at radius 3 is 2.16 bits per heavy atom. The largest absolute Gasteiger partial charge is 0.416 e. The molecule has 0 spiro atoms. The Balaban J connectivity index is 2.03. The summed E-state index contributed by atoms with van der Waals surface area (Å²) in [6, 6.07) is 12.7. The van der Waals surface area contributed by atoms with Crippen molar-refractivity contribution in [2.75, 3.05) is 5.73 Å². The lowest BCUT2D eigenvalue weighted by Gasteiger charge is -2.11. The summed E-state index contributed by atoms with van der Waals surface area (Å²) in [5.74, 6) is 0. The molecule has 0 saturated carbocycles. The Morgan fingerprint density at radius 1 is 1.00 bits per heavy atom. The SMILES string of the molecule is Cc1nn(-c2ccc(C(F)(F)F)cc2)c(=O)cc1-c1ccc(N)cc1. The van der Waals surface area contributed by atoms with Crippen LogP contribution in [-0.2, 0) is 6.18 Å². The number of hydrogen-bond donors (Lipinski definition) is 1. The van der Waals surface area contributed by atoms with E-state index in [4.69, 9.17) is 5.73 Å². The van der Waals surface area contributed by atoms with E-state index in [1.807, 2.05) is 0 Å². The van der Waals surface area contributed by atoms with Crippen LogP contribution in [0.4, 0.5) is 18.9 Å². The number of nitrogens with zero attached hydrogens (tertiary/aromatic N) is 2. The van der Waals surface area contributed by atoms with E-state index in [2.05, 4.69) is 5.10 Å². The minimum absolute atomic E-state index is 0.268. The molecule has 0 aliphatic carbocycles. The lowest BCUT2D eigenvalue weighted by atomic mass is 10.1. The minimum Gasteiger partial charge on any atom is -0.399 e. The summed E-state index contributed by atoms with van der Waals surface area (Å²) in [4.78, 5) is 12.4. The van der Waals surface area contributed by atoms with Crippen molar-refractivity contribution in [1.82, 2.24) is 9.78 Å². The van der Waals surface area contributed by atoms with Gasteiger partial charge < -0.3 is 5.73 Å². The number of nitrogen functional groups attached to an aromatic ring is 1. The van der Waals surface area contributed by atoms with E-state index in [0.29, 0.717) is 16.9 Å². The fourth-order valence-corrected chi connectivity index (χ4v) is 2.47. The topological polar surface area (TPSA) is 60.9 Å². The van der Waals surface area contributed by atoms with Crippen molar-refractivity contribution in [3.8, 4) is 16.8 Å². The van der Waals surface area contributed by atoms with Crippen molar-refractivity contribution in [2.24, 2.45) is 0 Å². The van der Waals surface area contributed by atoms with Crippen LogP contribution in [0.5, 0.6) is 0 Å². The van der Waals surface area contributed by atoms with Gasteiger partial charge in [0.1, 0.15) is 0 Å². The van der Waals surface area contributed by atoms with Gasteiger partial charge in [0, 0.05) is 17.3 Å². The molecule has 25 heavy (non-hydrogen) atoms. The summed E-state index contributed by atoms with van der Waals surface area (Å²) >= 11 is 0. The average Bonchev–Trinajstić information content (AvgIpc) is 2.57. The van der Waals surface area contributed by atoms with Crippen molar-refractivity contribution in [3.05, 3.63) is 76.2 Å². The molecule has 3 aromatic rings. The maximum absolute atomic E-state index is 12.6. The van der Waals surface area contributed by atoms with Crippen LogP contribution in [0.15, 0.2) is 59.4 Å². The number of aromatic nitrogens is 2. The highest BCUT2D eigenvalue weighted by atomic mass is 19.4. The van der Waals surface area contributed by atoms with Crippen LogP contribution in [0.25, 0.3) is 16.8 Å². The molecule has 0 unspecified atom stereocenters. The molecule has 0 saturated heterocycles. The molecule has 0 amide bonds. The zero-order valence-corrected chi connectivity index (χ0v) is 13.2. The lowest BCUT2D eigenvalue weighted by molar-refractivity contribution is -0.137. The zero-order chi connectivity index (χ0) is 18.2. The van der Waals surface area contributed by atoms with Gasteiger partial charge in [-0.05, 0) is 48.9 Å². The molecule has 0 aliphatic rings. The van der Waals surface area contributed by atoms with Crippen molar-refractivity contribution in [2.45, 2.75) is 13.1 Å². The van der Waals surface area contributed by atoms with Gasteiger partial charge in [-0.2, -0.15) is 23.0 Å². The van der Waals surface area contributed by atoms with Crippen LogP contribution >= 0.6 is 0 Å². The van der Waals surface area contributed by atoms with E-state index in [9.17, 15) is 18.0 Å². The molecule has 128 valence electrons. The van der Waals surface area contributed by atoms with Gasteiger partial charge in [0.15, 0.2) is 0 Å². The molecule has 7 heteroatoms. The first kappa shape index (κ1) is 16.8. The first-order valence-corrected chi connectivity index (χ1v) is 7.40. The molecule has 1 heterocycles. The number of nitrogens with two attached hydrogens (primary N) is 1. The predicted octanol–water partition coefficient (Wildman–Crippen LogP) is 3.81. The second-order valence-corrected chi connectivity index (χ2v) is 5.56. The predicted molar refractivity (Wildman–Crippen MR) is 89.4 cm³/mol. The molecule has 2 aromatic carbocycles. The summed E-state index contributed by atoms with van der Waals surface area (Å²) in [7, 11) is 0. The van der Waals surface area contributed by atoms with Crippen LogP contribution in [0, 0.1) is 6.92 Å². The molecular weight excluding hydrogens is 331 g/mol. The molecule has 0 fully saturated rings. The van der Waals surface area contributed by atoms with E-state index in [0.717, 1.165) is 22.4 Å². The highest BCUT2D eigenvalue weighted by Gasteiger charge is 2.30. The Bertz CT molecular complexity index is 959. The molecule has 1 aromatic heterocycles. The maximum Gasteiger partial charge on any atom is 0.416 e. The highest BCUT2D eigenvalue weighted by Crippen LogP contribution is 2.29. The third-order valence-electron chi connectivity index (χ3n) is 3.78. The van der Waals surface area contributed by atoms with Gasteiger partial charge in [0.05, 0.1) is 16.9 Å². The highest BCUT2D eigenvalue weighted by molar-refractivity contribution is 5.67. The minimum atomic E-state index is -4.42. The fourth-order valence-electron chi connectivity index (χ4n) is 2.47. The second kappa shape index (κ2) is 6.08. The van der Waals surface area contributed by atoms with E-state index < -0.39 is 17.3 Å². The summed E-state index contributed by atoms with van der Waals surface area (Å²) in [6.45, 7) is 1.73. The normalized spacial score (nSPS) is 11.5. The van der Waals surface area contributed by atoms with Crippen LogP contribution in [0.1, 0.15) is 11.3 Å². The molecular formula is C18H14F3N3O. The second-order valence-electron chi connectivity index (χ2n) is 5.56. The van der Waals surface area contributed by atoms with E-state index in [1.165, 1.54) is 18.2 Å². The molecule has 2 N–H and O–H groups in total. The first-order valence-electron chi connectivity index (χ1n) is 7.40. The van der Waals surface area contributed by atoms with E-state index in [-0.39, 0.29) is 5.69 Å². The van der Waals surface area contributed by atoms with Gasteiger partial charge >= 0.3 is 6.18 Å². The maximum atomic E-state index is 12.6. The lowest BCUT2D eigenvalue weighted by Crippen LogP contribution is -2.22. The summed E-state index contributed by atoms with van der Waals surface area (Å²) in [6.07, 6.45) is -4.42. The standard InChI is InChI=1S/C18H14F3N3O/c1-11-16(12-2-6-14(22)7-3-12)10-17(25)24(23-11)15-8-4-13(5-9-15)18(19,20)21/h2-10H,22H2,1H3. The average molecular weight is 345 g/mol. The molecule has 0 bridgehead atoms. The molecule has 0 atom stereocenters. The monoisotopic (exact) mass is 345 g/mol. The molecule has 4 nitrogen and oxygen atoms in total. The van der Waals surface area contributed by atoms with Gasteiger partial charge in [-0.3, -0.25) is 4.79 Å². The number of alkyl halides is 3. The van der Waals surface area contributed by atoms with Crippen LogP contribution < -0.4 is 11.3 Å². The third-order valence-corrected chi connectivity index (χ3v) is 3.78. The van der Waals surface area contributed by atoms with Gasteiger partial charge in [0.25, 0.3) is 5.56 Å².